The van der Waals surface area contributed by atoms with E-state index < -0.39 is 17.7 Å². The molecule has 1 N–H and O–H groups in total. The first-order valence-corrected chi connectivity index (χ1v) is 6.17. The van der Waals surface area contributed by atoms with Crippen molar-refractivity contribution in [2.45, 2.75) is 6.54 Å². The molecule has 1 heterocycles. The average molecular weight is 288 g/mol. The number of benzene rings is 1. The number of carbonyl (C=O) groups is 2. The minimum atomic E-state index is -0.495. The summed E-state index contributed by atoms with van der Waals surface area (Å²) in [4.78, 5) is 26.7. The number of hydrogen-bond donors (Lipinski definition) is 1. The van der Waals surface area contributed by atoms with Gasteiger partial charge in [-0.15, -0.1) is 0 Å². The monoisotopic (exact) mass is 288 g/mol. The first-order chi connectivity index (χ1) is 10.1. The summed E-state index contributed by atoms with van der Waals surface area (Å²) in [5.74, 6) is -1.31. The summed E-state index contributed by atoms with van der Waals surface area (Å²) in [5, 5.41) is 2.66. The topological polar surface area (TPSA) is 68.3 Å². The number of carbonyl (C=O) groups excluding carboxylic acids is 2. The number of pyridine rings is 1. The lowest BCUT2D eigenvalue weighted by atomic mass is 10.1. The van der Waals surface area contributed by atoms with Gasteiger partial charge in [0.15, 0.2) is 0 Å². The molecule has 0 atom stereocenters. The number of nitrogens with zero attached hydrogens (tertiary/aromatic N) is 1. The van der Waals surface area contributed by atoms with Gasteiger partial charge in [0.05, 0.1) is 18.9 Å². The SMILES string of the molecule is COC(=O)c1ccc(CNC(=O)c2ccc(F)cn2)cc1. The lowest BCUT2D eigenvalue weighted by Crippen LogP contribution is -2.23. The van der Waals surface area contributed by atoms with Gasteiger partial charge in [-0.05, 0) is 29.8 Å². The highest BCUT2D eigenvalue weighted by Crippen LogP contribution is 2.06. The van der Waals surface area contributed by atoms with Gasteiger partial charge in [-0.3, -0.25) is 4.79 Å². The minimum absolute atomic E-state index is 0.141. The zero-order chi connectivity index (χ0) is 15.2. The van der Waals surface area contributed by atoms with E-state index in [1.165, 1.54) is 19.2 Å². The van der Waals surface area contributed by atoms with Crippen LogP contribution in [0, 0.1) is 5.82 Å². The summed E-state index contributed by atoms with van der Waals surface area (Å²) in [6.07, 6.45) is 0.986. The third-order valence-electron chi connectivity index (χ3n) is 2.79. The van der Waals surface area contributed by atoms with Gasteiger partial charge in [0.1, 0.15) is 11.5 Å². The Bertz CT molecular complexity index is 639. The van der Waals surface area contributed by atoms with Crippen LogP contribution in [0.1, 0.15) is 26.4 Å². The number of ether oxygens (including phenoxy) is 1. The predicted octanol–water partition coefficient (Wildman–Crippen LogP) is 1.94. The Balaban J connectivity index is 1.95. The maximum Gasteiger partial charge on any atom is 0.337 e. The van der Waals surface area contributed by atoms with Crippen molar-refractivity contribution >= 4 is 11.9 Å². The maximum atomic E-state index is 12.7. The fourth-order valence-electron chi connectivity index (χ4n) is 1.66. The molecule has 0 aliphatic heterocycles. The number of hydrogen-bond acceptors (Lipinski definition) is 4. The van der Waals surface area contributed by atoms with E-state index in [0.717, 1.165) is 11.8 Å². The zero-order valence-corrected chi connectivity index (χ0v) is 11.3. The smallest absolute Gasteiger partial charge is 0.337 e. The van der Waals surface area contributed by atoms with E-state index in [1.807, 2.05) is 0 Å². The van der Waals surface area contributed by atoms with E-state index >= 15 is 0 Å². The van der Waals surface area contributed by atoms with E-state index in [9.17, 15) is 14.0 Å². The van der Waals surface area contributed by atoms with Gasteiger partial charge in [-0.1, -0.05) is 12.1 Å². The molecular formula is C15H13FN2O3. The van der Waals surface area contributed by atoms with Crippen molar-refractivity contribution in [3.63, 3.8) is 0 Å². The second-order valence-electron chi connectivity index (χ2n) is 4.23. The van der Waals surface area contributed by atoms with Crippen LogP contribution in [0.25, 0.3) is 0 Å². The van der Waals surface area contributed by atoms with Crippen molar-refractivity contribution in [1.29, 1.82) is 0 Å². The summed E-state index contributed by atoms with van der Waals surface area (Å²) in [6.45, 7) is 0.277. The molecule has 0 bridgehead atoms. The molecule has 21 heavy (non-hydrogen) atoms. The molecule has 1 aromatic heterocycles. The number of rotatable bonds is 4. The van der Waals surface area contributed by atoms with Crippen molar-refractivity contribution in [1.82, 2.24) is 10.3 Å². The Morgan fingerprint density at radius 2 is 1.90 bits per heavy atom. The van der Waals surface area contributed by atoms with Gasteiger partial charge >= 0.3 is 5.97 Å². The lowest BCUT2D eigenvalue weighted by molar-refractivity contribution is 0.0600. The molecule has 0 unspecified atom stereocenters. The number of halogens is 1. The van der Waals surface area contributed by atoms with Crippen LogP contribution in [0.3, 0.4) is 0 Å². The van der Waals surface area contributed by atoms with Crippen LogP contribution in [0.2, 0.25) is 0 Å². The highest BCUT2D eigenvalue weighted by atomic mass is 19.1. The van der Waals surface area contributed by atoms with Crippen molar-refractivity contribution in [2.75, 3.05) is 7.11 Å². The van der Waals surface area contributed by atoms with Gasteiger partial charge in [0, 0.05) is 6.54 Å². The zero-order valence-electron chi connectivity index (χ0n) is 11.3. The van der Waals surface area contributed by atoms with E-state index in [2.05, 4.69) is 15.0 Å². The molecule has 2 rings (SSSR count). The normalized spacial score (nSPS) is 10.0. The number of amides is 1. The molecule has 5 nitrogen and oxygen atoms in total. The van der Waals surface area contributed by atoms with Crippen LogP contribution >= 0.6 is 0 Å². The maximum absolute atomic E-state index is 12.7. The Hall–Kier alpha value is -2.76. The molecule has 0 fully saturated rings. The van der Waals surface area contributed by atoms with Crippen molar-refractivity contribution in [3.8, 4) is 0 Å². The van der Waals surface area contributed by atoms with Crippen molar-refractivity contribution in [3.05, 3.63) is 65.2 Å². The predicted molar refractivity (Wildman–Crippen MR) is 73.1 cm³/mol. The minimum Gasteiger partial charge on any atom is -0.465 e. The molecule has 2 aromatic rings. The molecule has 0 saturated heterocycles. The highest BCUT2D eigenvalue weighted by Gasteiger charge is 2.08. The Morgan fingerprint density at radius 1 is 1.19 bits per heavy atom. The molecule has 6 heteroatoms. The molecule has 0 saturated carbocycles. The summed E-state index contributed by atoms with van der Waals surface area (Å²) in [7, 11) is 1.31. The largest absolute Gasteiger partial charge is 0.465 e. The molecular weight excluding hydrogens is 275 g/mol. The standard InChI is InChI=1S/C15H13FN2O3/c1-21-15(20)11-4-2-10(3-5-11)8-18-14(19)13-7-6-12(16)9-17-13/h2-7,9H,8H2,1H3,(H,18,19). The van der Waals surface area contributed by atoms with Crippen LogP contribution < -0.4 is 5.32 Å². The van der Waals surface area contributed by atoms with Gasteiger partial charge in [-0.2, -0.15) is 0 Å². The number of esters is 1. The summed E-state index contributed by atoms with van der Waals surface area (Å²) in [5.41, 5.74) is 1.40. The Kier molecular flexibility index (Phi) is 4.61. The third kappa shape index (κ3) is 3.85. The first kappa shape index (κ1) is 14.6. The Labute approximate surface area is 120 Å². The summed E-state index contributed by atoms with van der Waals surface area (Å²) >= 11 is 0. The van der Waals surface area contributed by atoms with Gasteiger partial charge in [0.25, 0.3) is 5.91 Å². The van der Waals surface area contributed by atoms with Crippen LogP contribution in [0.15, 0.2) is 42.6 Å². The molecule has 1 amide bonds. The molecule has 1 aromatic carbocycles. The van der Waals surface area contributed by atoms with Crippen LogP contribution in [-0.2, 0) is 11.3 Å². The first-order valence-electron chi connectivity index (χ1n) is 6.17. The van der Waals surface area contributed by atoms with Gasteiger partial charge in [-0.25, -0.2) is 14.2 Å². The fraction of sp³-hybridized carbons (Fsp3) is 0.133. The second kappa shape index (κ2) is 6.60. The van der Waals surface area contributed by atoms with E-state index in [-0.39, 0.29) is 12.2 Å². The van der Waals surface area contributed by atoms with Crippen LogP contribution in [-0.4, -0.2) is 24.0 Å². The van der Waals surface area contributed by atoms with E-state index in [1.54, 1.807) is 24.3 Å². The van der Waals surface area contributed by atoms with E-state index in [0.29, 0.717) is 5.56 Å². The quantitative estimate of drug-likeness (QED) is 0.873. The highest BCUT2D eigenvalue weighted by molar-refractivity contribution is 5.92. The lowest BCUT2D eigenvalue weighted by Gasteiger charge is -2.05. The number of methoxy groups -OCH3 is 1. The van der Waals surface area contributed by atoms with Crippen molar-refractivity contribution in [2.24, 2.45) is 0 Å². The van der Waals surface area contributed by atoms with Crippen molar-refractivity contribution < 1.29 is 18.7 Å². The van der Waals surface area contributed by atoms with E-state index in [4.69, 9.17) is 0 Å². The third-order valence-corrected chi connectivity index (χ3v) is 2.79. The molecule has 0 radical (unpaired) electrons. The van der Waals surface area contributed by atoms with Gasteiger partial charge < -0.3 is 10.1 Å². The number of nitrogens with one attached hydrogen (secondary N) is 1. The van der Waals surface area contributed by atoms with Gasteiger partial charge in [0.2, 0.25) is 0 Å². The van der Waals surface area contributed by atoms with Crippen LogP contribution in [0.4, 0.5) is 4.39 Å². The Morgan fingerprint density at radius 3 is 2.48 bits per heavy atom. The molecule has 108 valence electrons. The molecule has 0 aliphatic rings. The summed E-state index contributed by atoms with van der Waals surface area (Å²) < 4.78 is 17.3. The second-order valence-corrected chi connectivity index (χ2v) is 4.23. The molecule has 0 spiro atoms. The average Bonchev–Trinajstić information content (AvgIpc) is 2.53. The summed E-state index contributed by atoms with van der Waals surface area (Å²) in [6, 6.07) is 9.14. The van der Waals surface area contributed by atoms with Crippen LogP contribution in [0.5, 0.6) is 0 Å². The molecule has 0 aliphatic carbocycles. The fourth-order valence-corrected chi connectivity index (χ4v) is 1.66. The number of aromatic nitrogens is 1.